The van der Waals surface area contributed by atoms with Gasteiger partial charge in [-0.25, -0.2) is 0 Å². The van der Waals surface area contributed by atoms with Crippen LogP contribution in [0.2, 0.25) is 0 Å². The average molecular weight is 670 g/mol. The molecule has 0 aliphatic carbocycles. The fraction of sp³-hybridized carbons (Fsp3) is 0.450. The van der Waals surface area contributed by atoms with Gasteiger partial charge in [0.15, 0.2) is 6.17 Å². The number of hydrogen-bond acceptors (Lipinski definition) is 6. The minimum Gasteiger partial charge on any atom is -0.494 e. The Kier molecular flexibility index (Phi) is 19.4. The van der Waals surface area contributed by atoms with Gasteiger partial charge in [0.05, 0.1) is 6.61 Å². The van der Waals surface area contributed by atoms with Gasteiger partial charge in [-0.2, -0.15) is 0 Å². The first kappa shape index (κ1) is 38.8. The van der Waals surface area contributed by atoms with E-state index in [-0.39, 0.29) is 11.8 Å². The van der Waals surface area contributed by atoms with Crippen molar-refractivity contribution < 1.29 is 19.1 Å². The molecular weight excluding hydrogens is 614 g/mol. The number of benzene rings is 2. The van der Waals surface area contributed by atoms with Crippen LogP contribution in [0, 0.1) is 0 Å². The van der Waals surface area contributed by atoms with E-state index in [1.165, 1.54) is 57.4 Å². The molecular formula is C40H55N5O4. The number of nitrogens with one attached hydrogen (secondary N) is 4. The van der Waals surface area contributed by atoms with E-state index in [2.05, 4.69) is 33.2 Å². The summed E-state index contributed by atoms with van der Waals surface area (Å²) in [4.78, 5) is 42.4. The van der Waals surface area contributed by atoms with Crippen LogP contribution in [0.4, 0.5) is 5.69 Å². The molecule has 3 aromatic rings. The highest BCUT2D eigenvalue weighted by Crippen LogP contribution is 2.17. The predicted octanol–water partition coefficient (Wildman–Crippen LogP) is 7.20. The number of rotatable bonds is 25. The second kappa shape index (κ2) is 24.5. The fourth-order valence-corrected chi connectivity index (χ4v) is 5.22. The quantitative estimate of drug-likeness (QED) is 0.0430. The van der Waals surface area contributed by atoms with Crippen molar-refractivity contribution >= 4 is 29.5 Å². The summed E-state index contributed by atoms with van der Waals surface area (Å²) < 4.78 is 5.84. The smallest absolute Gasteiger partial charge is 0.263 e. The summed E-state index contributed by atoms with van der Waals surface area (Å²) in [5, 5.41) is 11.8. The van der Waals surface area contributed by atoms with E-state index in [9.17, 15) is 14.4 Å². The molecule has 4 N–H and O–H groups in total. The maximum absolute atomic E-state index is 13.1. The minimum absolute atomic E-state index is 0.0593. The maximum Gasteiger partial charge on any atom is 0.263 e. The second-order valence-electron chi connectivity index (χ2n) is 12.2. The van der Waals surface area contributed by atoms with Gasteiger partial charge in [-0.3, -0.25) is 19.4 Å². The van der Waals surface area contributed by atoms with Crippen LogP contribution in [0.5, 0.6) is 5.75 Å². The Morgan fingerprint density at radius 3 is 2.14 bits per heavy atom. The number of unbranched alkanes of at least 4 members (excludes halogenated alkanes) is 9. The van der Waals surface area contributed by atoms with Crippen LogP contribution in [-0.4, -0.2) is 48.6 Å². The Labute approximate surface area is 292 Å². The molecule has 264 valence electrons. The van der Waals surface area contributed by atoms with E-state index >= 15 is 0 Å². The number of ether oxygens (including phenoxy) is 1. The van der Waals surface area contributed by atoms with Crippen LogP contribution in [0.15, 0.2) is 85.1 Å². The van der Waals surface area contributed by atoms with Gasteiger partial charge in [0, 0.05) is 49.6 Å². The standard InChI is InChI=1S/C40H55N5O4/c1-2-3-4-5-6-7-8-9-10-15-30-42-37(46)21-17-32-49-36-25-23-35(24-26-36)44-39(40(48)43-31-28-34-20-14-16-29-41-34)45-38(47)27-22-33-18-12-11-13-19-33/h11-14,16,18-20,22-27,29,39,44H,2-10,15,17,21,28,30-32H2,1H3,(H,42,46)(H,43,48)(H,45,47). The lowest BCUT2D eigenvalue weighted by atomic mass is 10.1. The predicted molar refractivity (Wildman–Crippen MR) is 198 cm³/mol. The molecule has 9 nitrogen and oxygen atoms in total. The van der Waals surface area contributed by atoms with Crippen molar-refractivity contribution in [3.8, 4) is 5.75 Å². The first-order chi connectivity index (χ1) is 24.0. The summed E-state index contributed by atoms with van der Waals surface area (Å²) in [7, 11) is 0. The molecule has 0 spiro atoms. The first-order valence-electron chi connectivity index (χ1n) is 18.0. The minimum atomic E-state index is -1.01. The fourth-order valence-electron chi connectivity index (χ4n) is 5.22. The third kappa shape index (κ3) is 17.9. The van der Waals surface area contributed by atoms with Gasteiger partial charge in [0.25, 0.3) is 5.91 Å². The normalized spacial score (nSPS) is 11.5. The zero-order chi connectivity index (χ0) is 34.8. The van der Waals surface area contributed by atoms with Crippen molar-refractivity contribution in [2.75, 3.05) is 25.0 Å². The van der Waals surface area contributed by atoms with Crippen molar-refractivity contribution in [2.24, 2.45) is 0 Å². The molecule has 1 unspecified atom stereocenters. The molecule has 0 aliphatic rings. The van der Waals surface area contributed by atoms with Gasteiger partial charge in [-0.1, -0.05) is 101 Å². The molecule has 1 heterocycles. The second-order valence-corrected chi connectivity index (χ2v) is 12.2. The van der Waals surface area contributed by atoms with E-state index in [1.54, 1.807) is 36.5 Å². The van der Waals surface area contributed by atoms with Crippen LogP contribution in [-0.2, 0) is 20.8 Å². The lowest BCUT2D eigenvalue weighted by Gasteiger charge is -2.20. The average Bonchev–Trinajstić information content (AvgIpc) is 3.12. The van der Waals surface area contributed by atoms with Crippen LogP contribution >= 0.6 is 0 Å². The molecule has 1 aromatic heterocycles. The number of nitrogens with zero attached hydrogens (tertiary/aromatic N) is 1. The lowest BCUT2D eigenvalue weighted by molar-refractivity contribution is -0.126. The van der Waals surface area contributed by atoms with Gasteiger partial charge in [0.1, 0.15) is 5.75 Å². The number of anilines is 1. The van der Waals surface area contributed by atoms with E-state index in [4.69, 9.17) is 4.74 Å². The highest BCUT2D eigenvalue weighted by atomic mass is 16.5. The van der Waals surface area contributed by atoms with Crippen molar-refractivity contribution in [3.63, 3.8) is 0 Å². The Hall–Kier alpha value is -4.66. The highest BCUT2D eigenvalue weighted by molar-refractivity contribution is 5.96. The SMILES string of the molecule is CCCCCCCCCCCCNC(=O)CCCOc1ccc(NC(NC(=O)C=Cc2ccccc2)C(=O)NCCc2ccccn2)cc1. The van der Waals surface area contributed by atoms with E-state index in [0.717, 1.165) is 30.6 Å². The number of carbonyl (C=O) groups is 3. The monoisotopic (exact) mass is 669 g/mol. The molecule has 0 radical (unpaired) electrons. The van der Waals surface area contributed by atoms with Crippen molar-refractivity contribution in [3.05, 3.63) is 96.3 Å². The molecule has 0 fully saturated rings. The summed E-state index contributed by atoms with van der Waals surface area (Å²) >= 11 is 0. The molecule has 3 rings (SSSR count). The summed E-state index contributed by atoms with van der Waals surface area (Å²) in [6.07, 6.45) is 18.2. The zero-order valence-corrected chi connectivity index (χ0v) is 29.1. The molecule has 0 aliphatic heterocycles. The summed E-state index contributed by atoms with van der Waals surface area (Å²) in [5.74, 6) is -0.0653. The molecule has 9 heteroatoms. The van der Waals surface area contributed by atoms with E-state index in [0.29, 0.717) is 43.9 Å². The third-order valence-electron chi connectivity index (χ3n) is 8.02. The Bertz CT molecular complexity index is 1370. The van der Waals surface area contributed by atoms with E-state index in [1.807, 2.05) is 48.5 Å². The van der Waals surface area contributed by atoms with Gasteiger partial charge < -0.3 is 26.0 Å². The van der Waals surface area contributed by atoms with Crippen molar-refractivity contribution in [2.45, 2.75) is 96.6 Å². The first-order valence-corrected chi connectivity index (χ1v) is 18.0. The summed E-state index contributed by atoms with van der Waals surface area (Å²) in [5.41, 5.74) is 2.38. The van der Waals surface area contributed by atoms with Crippen LogP contribution < -0.4 is 26.0 Å². The van der Waals surface area contributed by atoms with E-state index < -0.39 is 12.1 Å². The molecule has 0 bridgehead atoms. The Balaban J connectivity index is 1.36. The van der Waals surface area contributed by atoms with Crippen LogP contribution in [0.3, 0.4) is 0 Å². The number of hydrogen-bond donors (Lipinski definition) is 4. The van der Waals surface area contributed by atoms with Gasteiger partial charge in [-0.15, -0.1) is 0 Å². The highest BCUT2D eigenvalue weighted by Gasteiger charge is 2.20. The number of carbonyl (C=O) groups excluding carboxylic acids is 3. The summed E-state index contributed by atoms with van der Waals surface area (Å²) in [6, 6.07) is 22.3. The zero-order valence-electron chi connectivity index (χ0n) is 29.1. The lowest BCUT2D eigenvalue weighted by Crippen LogP contribution is -2.51. The van der Waals surface area contributed by atoms with Crippen LogP contribution in [0.1, 0.15) is 95.2 Å². The molecule has 3 amide bonds. The molecule has 0 saturated carbocycles. The summed E-state index contributed by atoms with van der Waals surface area (Å²) in [6.45, 7) is 3.77. The van der Waals surface area contributed by atoms with Crippen molar-refractivity contribution in [1.29, 1.82) is 0 Å². The number of pyridine rings is 1. The van der Waals surface area contributed by atoms with Crippen molar-refractivity contribution in [1.82, 2.24) is 20.9 Å². The van der Waals surface area contributed by atoms with Gasteiger partial charge in [-0.05, 0) is 60.9 Å². The Morgan fingerprint density at radius 1 is 0.755 bits per heavy atom. The topological polar surface area (TPSA) is 121 Å². The van der Waals surface area contributed by atoms with Gasteiger partial charge in [0.2, 0.25) is 11.8 Å². The molecule has 49 heavy (non-hydrogen) atoms. The van der Waals surface area contributed by atoms with Gasteiger partial charge >= 0.3 is 0 Å². The van der Waals surface area contributed by atoms with Crippen LogP contribution in [0.25, 0.3) is 6.08 Å². The third-order valence-corrected chi connectivity index (χ3v) is 8.02. The number of amides is 3. The molecule has 0 saturated heterocycles. The molecule has 2 aromatic carbocycles. The number of aromatic nitrogens is 1. The maximum atomic E-state index is 13.1. The Morgan fingerprint density at radius 2 is 1.45 bits per heavy atom. The largest absolute Gasteiger partial charge is 0.494 e. The molecule has 1 atom stereocenters.